The molecule has 1 amide bonds. The molecular formula is C18H27FN2O5. The first-order chi connectivity index (χ1) is 12.2. The van der Waals surface area contributed by atoms with Crippen LogP contribution in [-0.4, -0.2) is 65.3 Å². The van der Waals surface area contributed by atoms with Crippen LogP contribution in [0.2, 0.25) is 0 Å². The minimum absolute atomic E-state index is 0.0605. The third-order valence-electron chi connectivity index (χ3n) is 3.77. The summed E-state index contributed by atoms with van der Waals surface area (Å²) in [6, 6.07) is 4.04. The van der Waals surface area contributed by atoms with Gasteiger partial charge in [0, 0.05) is 25.6 Å². The number of ether oxygens (including phenoxy) is 2. The van der Waals surface area contributed by atoms with Crippen molar-refractivity contribution in [2.24, 2.45) is 0 Å². The third kappa shape index (κ3) is 6.03. The zero-order valence-electron chi connectivity index (χ0n) is 15.4. The van der Waals surface area contributed by atoms with E-state index in [1.54, 1.807) is 4.90 Å². The number of aliphatic hydroxyl groups excluding tert-OH is 2. The van der Waals surface area contributed by atoms with Crippen LogP contribution >= 0.6 is 0 Å². The predicted octanol–water partition coefficient (Wildman–Crippen LogP) is 1.98. The van der Waals surface area contributed by atoms with Gasteiger partial charge in [-0.25, -0.2) is 9.18 Å². The van der Waals surface area contributed by atoms with Gasteiger partial charge >= 0.3 is 6.09 Å². The molecule has 1 aromatic carbocycles. The molecule has 2 rings (SSSR count). The number of carbonyl (C=O) groups excluding carboxylic acids is 1. The first kappa shape index (κ1) is 20.3. The number of halogens is 1. The van der Waals surface area contributed by atoms with Gasteiger partial charge in [-0.15, -0.1) is 0 Å². The average molecular weight is 370 g/mol. The first-order valence-corrected chi connectivity index (χ1v) is 8.65. The van der Waals surface area contributed by atoms with Crippen LogP contribution in [0, 0.1) is 5.82 Å². The normalized spacial score (nSPS) is 18.5. The van der Waals surface area contributed by atoms with Gasteiger partial charge in [0.1, 0.15) is 23.3 Å². The molecule has 0 radical (unpaired) electrons. The molecular weight excluding hydrogens is 343 g/mol. The number of carbonyl (C=O) groups is 1. The van der Waals surface area contributed by atoms with Gasteiger partial charge in [-0.1, -0.05) is 0 Å². The van der Waals surface area contributed by atoms with Crippen LogP contribution in [0.15, 0.2) is 18.2 Å². The maximum atomic E-state index is 13.5. The van der Waals surface area contributed by atoms with Gasteiger partial charge in [0.2, 0.25) is 0 Å². The molecule has 0 aliphatic carbocycles. The number of hydrogen-bond donors (Lipinski definition) is 3. The smallest absolute Gasteiger partial charge is 0.410 e. The Morgan fingerprint density at radius 2 is 2.19 bits per heavy atom. The minimum Gasteiger partial charge on any atom is -0.486 e. The van der Waals surface area contributed by atoms with Crippen LogP contribution in [-0.2, 0) is 4.74 Å². The summed E-state index contributed by atoms with van der Waals surface area (Å²) in [5.74, 6) is -0.0206. The summed E-state index contributed by atoms with van der Waals surface area (Å²) in [5.41, 5.74) is -0.175. The van der Waals surface area contributed by atoms with Gasteiger partial charge in [-0.3, -0.25) is 0 Å². The van der Waals surface area contributed by atoms with E-state index in [-0.39, 0.29) is 18.7 Å². The van der Waals surface area contributed by atoms with E-state index in [2.05, 4.69) is 5.32 Å². The Morgan fingerprint density at radius 3 is 2.85 bits per heavy atom. The summed E-state index contributed by atoms with van der Waals surface area (Å²) in [7, 11) is 0. The van der Waals surface area contributed by atoms with Crippen LogP contribution in [0.3, 0.4) is 0 Å². The standard InChI is InChI=1S/C18H27FN2O5/c1-18(2,3)26-17(24)21-7-6-14(10-21)25-16-5-4-12(19)8-15(16)20-9-13(23)11-22/h4-5,8,13-14,20,22-23H,6-7,9-11H2,1-3H3. The summed E-state index contributed by atoms with van der Waals surface area (Å²) >= 11 is 0. The summed E-state index contributed by atoms with van der Waals surface area (Å²) in [5, 5.41) is 21.2. The van der Waals surface area contributed by atoms with E-state index in [0.29, 0.717) is 30.9 Å². The highest BCUT2D eigenvalue weighted by Gasteiger charge is 2.31. The van der Waals surface area contributed by atoms with Crippen molar-refractivity contribution in [1.82, 2.24) is 4.90 Å². The Balaban J connectivity index is 1.97. The van der Waals surface area contributed by atoms with E-state index in [1.807, 2.05) is 20.8 Å². The molecule has 0 spiro atoms. The van der Waals surface area contributed by atoms with Crippen molar-refractivity contribution < 1.29 is 28.9 Å². The lowest BCUT2D eigenvalue weighted by atomic mass is 10.2. The molecule has 1 aliphatic heterocycles. The SMILES string of the molecule is CC(C)(C)OC(=O)N1CCC(Oc2ccc(F)cc2NCC(O)CO)C1. The van der Waals surface area contributed by atoms with Gasteiger partial charge in [-0.2, -0.15) is 0 Å². The van der Waals surface area contributed by atoms with Gasteiger partial charge in [0.25, 0.3) is 0 Å². The summed E-state index contributed by atoms with van der Waals surface area (Å²) in [4.78, 5) is 13.7. The topological polar surface area (TPSA) is 91.3 Å². The molecule has 0 aromatic heterocycles. The van der Waals surface area contributed by atoms with E-state index in [0.717, 1.165) is 0 Å². The monoisotopic (exact) mass is 370 g/mol. The quantitative estimate of drug-likeness (QED) is 0.709. The summed E-state index contributed by atoms with van der Waals surface area (Å²) in [6.07, 6.45) is -0.946. The Morgan fingerprint density at radius 1 is 1.46 bits per heavy atom. The van der Waals surface area contributed by atoms with E-state index >= 15 is 0 Å². The lowest BCUT2D eigenvalue weighted by molar-refractivity contribution is 0.0276. The molecule has 1 fully saturated rings. The number of amides is 1. The number of hydrogen-bond acceptors (Lipinski definition) is 6. The lowest BCUT2D eigenvalue weighted by Crippen LogP contribution is -2.36. The van der Waals surface area contributed by atoms with Crippen LogP contribution in [0.1, 0.15) is 27.2 Å². The fraction of sp³-hybridized carbons (Fsp3) is 0.611. The van der Waals surface area contributed by atoms with E-state index in [1.165, 1.54) is 18.2 Å². The number of likely N-dealkylation sites (tertiary alicyclic amines) is 1. The molecule has 1 saturated heterocycles. The zero-order chi connectivity index (χ0) is 19.3. The van der Waals surface area contributed by atoms with Crippen molar-refractivity contribution in [2.75, 3.05) is 31.6 Å². The largest absolute Gasteiger partial charge is 0.486 e. The second kappa shape index (κ2) is 8.55. The maximum Gasteiger partial charge on any atom is 0.410 e. The number of benzene rings is 1. The van der Waals surface area contributed by atoms with E-state index in [9.17, 15) is 14.3 Å². The van der Waals surface area contributed by atoms with Crippen LogP contribution < -0.4 is 10.1 Å². The predicted molar refractivity (Wildman–Crippen MR) is 94.8 cm³/mol. The molecule has 8 heteroatoms. The molecule has 7 nitrogen and oxygen atoms in total. The number of aliphatic hydroxyl groups is 2. The highest BCUT2D eigenvalue weighted by atomic mass is 19.1. The maximum absolute atomic E-state index is 13.5. The second-order valence-electron chi connectivity index (χ2n) is 7.31. The van der Waals surface area contributed by atoms with Crippen LogP contribution in [0.5, 0.6) is 5.75 Å². The Labute approximate surface area is 152 Å². The minimum atomic E-state index is -0.958. The number of nitrogens with one attached hydrogen (secondary N) is 1. The lowest BCUT2D eigenvalue weighted by Gasteiger charge is -2.24. The molecule has 0 saturated carbocycles. The molecule has 2 unspecified atom stereocenters. The Kier molecular flexibility index (Phi) is 6.66. The highest BCUT2D eigenvalue weighted by molar-refractivity contribution is 5.68. The van der Waals surface area contributed by atoms with Gasteiger partial charge in [0.15, 0.2) is 0 Å². The van der Waals surface area contributed by atoms with Crippen LogP contribution in [0.4, 0.5) is 14.9 Å². The van der Waals surface area contributed by atoms with Crippen molar-refractivity contribution >= 4 is 11.8 Å². The van der Waals surface area contributed by atoms with Crippen LogP contribution in [0.25, 0.3) is 0 Å². The number of rotatable bonds is 6. The number of nitrogens with zero attached hydrogens (tertiary/aromatic N) is 1. The molecule has 26 heavy (non-hydrogen) atoms. The van der Waals surface area contributed by atoms with Crippen molar-refractivity contribution in [2.45, 2.75) is 45.0 Å². The average Bonchev–Trinajstić information content (AvgIpc) is 3.02. The van der Waals surface area contributed by atoms with Gasteiger partial charge < -0.3 is 29.9 Å². The summed E-state index contributed by atoms with van der Waals surface area (Å²) < 4.78 is 24.8. The highest BCUT2D eigenvalue weighted by Crippen LogP contribution is 2.28. The van der Waals surface area contributed by atoms with Gasteiger partial charge in [-0.05, 0) is 32.9 Å². The summed E-state index contributed by atoms with van der Waals surface area (Å²) in [6.45, 7) is 6.00. The molecule has 3 N–H and O–H groups in total. The van der Waals surface area contributed by atoms with Crippen molar-refractivity contribution in [3.05, 3.63) is 24.0 Å². The molecule has 1 aromatic rings. The fourth-order valence-electron chi connectivity index (χ4n) is 2.53. The second-order valence-corrected chi connectivity index (χ2v) is 7.31. The Hall–Kier alpha value is -2.06. The van der Waals surface area contributed by atoms with Crippen molar-refractivity contribution in [1.29, 1.82) is 0 Å². The molecule has 146 valence electrons. The zero-order valence-corrected chi connectivity index (χ0v) is 15.4. The van der Waals surface area contributed by atoms with E-state index < -0.39 is 24.1 Å². The van der Waals surface area contributed by atoms with Crippen molar-refractivity contribution in [3.8, 4) is 5.75 Å². The molecule has 1 aliphatic rings. The first-order valence-electron chi connectivity index (χ1n) is 8.65. The molecule has 2 atom stereocenters. The van der Waals surface area contributed by atoms with E-state index in [4.69, 9.17) is 14.6 Å². The molecule has 0 bridgehead atoms. The Bertz CT molecular complexity index is 620. The third-order valence-corrected chi connectivity index (χ3v) is 3.77. The van der Waals surface area contributed by atoms with Crippen molar-refractivity contribution in [3.63, 3.8) is 0 Å². The number of anilines is 1. The van der Waals surface area contributed by atoms with Gasteiger partial charge in [0.05, 0.1) is 24.9 Å². The molecule has 1 heterocycles. The fourth-order valence-corrected chi connectivity index (χ4v) is 2.53.